The van der Waals surface area contributed by atoms with Crippen LogP contribution in [0.2, 0.25) is 0 Å². The van der Waals surface area contributed by atoms with Gasteiger partial charge in [0, 0.05) is 30.4 Å². The average Bonchev–Trinajstić information content (AvgIpc) is 3.28. The highest BCUT2D eigenvalue weighted by Crippen LogP contribution is 2.34. The number of benzene rings is 1. The molecule has 0 amide bonds. The normalized spacial score (nSPS) is 21.4. The predicted molar refractivity (Wildman–Crippen MR) is 138 cm³/mol. The number of ketones is 1. The molecule has 3 aromatic rings. The topological polar surface area (TPSA) is 98.5 Å². The summed E-state index contributed by atoms with van der Waals surface area (Å²) in [5.41, 5.74) is 3.82. The van der Waals surface area contributed by atoms with Crippen molar-refractivity contribution >= 4 is 28.6 Å². The molecule has 1 N–H and O–H groups in total. The van der Waals surface area contributed by atoms with E-state index in [9.17, 15) is 9.59 Å². The molecule has 2 aliphatic rings. The van der Waals surface area contributed by atoms with Crippen LogP contribution >= 0.6 is 0 Å². The number of rotatable bonds is 7. The Morgan fingerprint density at radius 2 is 2.06 bits per heavy atom. The highest BCUT2D eigenvalue weighted by molar-refractivity contribution is 6.26. The highest BCUT2D eigenvalue weighted by atomic mass is 16.5. The minimum absolute atomic E-state index is 0.151. The number of pyridine rings is 1. The third kappa shape index (κ3) is 4.57. The van der Waals surface area contributed by atoms with Crippen LogP contribution in [0, 0.1) is 5.41 Å². The van der Waals surface area contributed by atoms with Crippen molar-refractivity contribution in [2.24, 2.45) is 10.4 Å². The van der Waals surface area contributed by atoms with E-state index >= 15 is 0 Å². The zero-order valence-electron chi connectivity index (χ0n) is 21.2. The van der Waals surface area contributed by atoms with Gasteiger partial charge >= 0.3 is 5.97 Å². The molecule has 2 aromatic heterocycles. The molecule has 8 nitrogen and oxygen atoms in total. The number of piperidine rings is 1. The molecule has 3 heterocycles. The van der Waals surface area contributed by atoms with Crippen LogP contribution in [0.5, 0.6) is 0 Å². The standard InChI is InChI=1S/C28H33N5O3/c1-4-36-27(35)22(31-23-17-24(34)28(23,2)3)16-18-10-12-19(13-11-18)33-25-21(9-7-15-30-25)32-26(33)20-8-5-6-14-29-20/h7,9-13,15,20,22,29H,4-6,8,14,16-17H2,1-3H3/t20-,22+/m1/s1. The number of hydrogen-bond acceptors (Lipinski definition) is 7. The fourth-order valence-electron chi connectivity index (χ4n) is 4.96. The first-order chi connectivity index (χ1) is 17.4. The largest absolute Gasteiger partial charge is 0.464 e. The van der Waals surface area contributed by atoms with E-state index in [2.05, 4.69) is 19.9 Å². The van der Waals surface area contributed by atoms with E-state index in [1.165, 1.54) is 12.8 Å². The minimum Gasteiger partial charge on any atom is -0.464 e. The van der Waals surface area contributed by atoms with Gasteiger partial charge in [0.2, 0.25) is 0 Å². The van der Waals surface area contributed by atoms with Gasteiger partial charge in [0.05, 0.1) is 18.1 Å². The van der Waals surface area contributed by atoms with E-state index in [0.29, 0.717) is 19.4 Å². The fraction of sp³-hybridized carbons (Fsp3) is 0.464. The van der Waals surface area contributed by atoms with Crippen LogP contribution in [0.25, 0.3) is 16.9 Å². The smallest absolute Gasteiger partial charge is 0.331 e. The van der Waals surface area contributed by atoms with Gasteiger partial charge in [-0.2, -0.15) is 0 Å². The summed E-state index contributed by atoms with van der Waals surface area (Å²) in [5, 5.41) is 3.61. The van der Waals surface area contributed by atoms with Crippen molar-refractivity contribution in [2.45, 2.75) is 65.0 Å². The lowest BCUT2D eigenvalue weighted by atomic mass is 9.68. The summed E-state index contributed by atoms with van der Waals surface area (Å²) >= 11 is 0. The third-order valence-corrected chi connectivity index (χ3v) is 7.30. The van der Waals surface area contributed by atoms with Crippen molar-refractivity contribution in [2.75, 3.05) is 13.2 Å². The summed E-state index contributed by atoms with van der Waals surface area (Å²) < 4.78 is 7.43. The summed E-state index contributed by atoms with van der Waals surface area (Å²) in [6.07, 6.45) is 5.91. The van der Waals surface area contributed by atoms with Crippen LogP contribution in [-0.2, 0) is 20.7 Å². The van der Waals surface area contributed by atoms with Crippen molar-refractivity contribution in [1.82, 2.24) is 19.9 Å². The molecule has 36 heavy (non-hydrogen) atoms. The Morgan fingerprint density at radius 3 is 2.72 bits per heavy atom. The third-order valence-electron chi connectivity index (χ3n) is 7.30. The molecule has 188 valence electrons. The van der Waals surface area contributed by atoms with Gasteiger partial charge in [-0.15, -0.1) is 0 Å². The number of nitrogens with zero attached hydrogens (tertiary/aromatic N) is 4. The summed E-state index contributed by atoms with van der Waals surface area (Å²) in [6, 6.07) is 11.6. The molecule has 0 bridgehead atoms. The van der Waals surface area contributed by atoms with Gasteiger partial charge in [0.25, 0.3) is 0 Å². The number of carbonyl (C=O) groups is 2. The maximum Gasteiger partial charge on any atom is 0.331 e. The van der Waals surface area contributed by atoms with Crippen molar-refractivity contribution in [3.63, 3.8) is 0 Å². The number of imidazole rings is 1. The maximum atomic E-state index is 12.7. The Labute approximate surface area is 211 Å². The maximum absolute atomic E-state index is 12.7. The lowest BCUT2D eigenvalue weighted by Gasteiger charge is -2.35. The second-order valence-corrected chi connectivity index (χ2v) is 10.1. The highest BCUT2D eigenvalue weighted by Gasteiger charge is 2.44. The zero-order valence-corrected chi connectivity index (χ0v) is 21.2. The Bertz CT molecular complexity index is 1300. The van der Waals surface area contributed by atoms with Gasteiger partial charge in [-0.05, 0) is 70.0 Å². The van der Waals surface area contributed by atoms with Gasteiger partial charge in [0.1, 0.15) is 17.1 Å². The van der Waals surface area contributed by atoms with Crippen molar-refractivity contribution < 1.29 is 14.3 Å². The van der Waals surface area contributed by atoms with E-state index in [0.717, 1.165) is 46.9 Å². The Kier molecular flexibility index (Phi) is 6.71. The second kappa shape index (κ2) is 9.93. The molecule has 0 radical (unpaired) electrons. The van der Waals surface area contributed by atoms with Gasteiger partial charge in [-0.3, -0.25) is 14.4 Å². The molecule has 5 rings (SSSR count). The first-order valence-electron chi connectivity index (χ1n) is 12.8. The molecular formula is C28H33N5O3. The average molecular weight is 488 g/mol. The number of esters is 1. The monoisotopic (exact) mass is 487 g/mol. The SMILES string of the molecule is CCOC(=O)[C@H](Cc1ccc(-n2c([C@H]3CCCCN3)nc3cccnc32)cc1)N=C1CC(=O)C1(C)C. The summed E-state index contributed by atoms with van der Waals surface area (Å²) in [7, 11) is 0. The van der Waals surface area contributed by atoms with E-state index in [1.54, 1.807) is 13.1 Å². The van der Waals surface area contributed by atoms with Gasteiger partial charge in [0.15, 0.2) is 11.7 Å². The molecule has 8 heteroatoms. The van der Waals surface area contributed by atoms with Crippen LogP contribution in [0.4, 0.5) is 0 Å². The Hall–Kier alpha value is -3.39. The molecule has 1 saturated heterocycles. The molecular weight excluding hydrogens is 454 g/mol. The van der Waals surface area contributed by atoms with Crippen molar-refractivity contribution in [1.29, 1.82) is 0 Å². The lowest BCUT2D eigenvalue weighted by Crippen LogP contribution is -2.47. The van der Waals surface area contributed by atoms with E-state index in [1.807, 2.05) is 50.2 Å². The van der Waals surface area contributed by atoms with Gasteiger partial charge in [-0.1, -0.05) is 18.6 Å². The van der Waals surface area contributed by atoms with Crippen LogP contribution in [0.15, 0.2) is 47.6 Å². The van der Waals surface area contributed by atoms with Crippen LogP contribution in [-0.4, -0.2) is 51.2 Å². The van der Waals surface area contributed by atoms with Crippen molar-refractivity contribution in [3.05, 3.63) is 54.0 Å². The molecule has 0 spiro atoms. The number of nitrogens with one attached hydrogen (secondary N) is 1. The first-order valence-corrected chi connectivity index (χ1v) is 12.8. The molecule has 1 aliphatic carbocycles. The Balaban J connectivity index is 1.44. The van der Waals surface area contributed by atoms with E-state index < -0.39 is 11.5 Å². The summed E-state index contributed by atoms with van der Waals surface area (Å²) in [4.78, 5) is 38.9. The van der Waals surface area contributed by atoms with Crippen LogP contribution in [0.1, 0.15) is 63.9 Å². The molecule has 1 saturated carbocycles. The summed E-state index contributed by atoms with van der Waals surface area (Å²) in [5.74, 6) is 0.765. The van der Waals surface area contributed by atoms with Crippen LogP contribution in [0.3, 0.4) is 0 Å². The Morgan fingerprint density at radius 1 is 1.25 bits per heavy atom. The van der Waals surface area contributed by atoms with Gasteiger partial charge in [-0.25, -0.2) is 14.8 Å². The van der Waals surface area contributed by atoms with Gasteiger partial charge < -0.3 is 10.1 Å². The number of aromatic nitrogens is 3. The number of aliphatic imine (C=N–C) groups is 1. The quantitative estimate of drug-likeness (QED) is 0.503. The number of carbonyl (C=O) groups excluding carboxylic acids is 2. The zero-order chi connectivity index (χ0) is 25.3. The van der Waals surface area contributed by atoms with Crippen molar-refractivity contribution in [3.8, 4) is 5.69 Å². The number of fused-ring (bicyclic) bond motifs is 1. The van der Waals surface area contributed by atoms with Crippen LogP contribution < -0.4 is 5.32 Å². The second-order valence-electron chi connectivity index (χ2n) is 10.1. The fourth-order valence-corrected chi connectivity index (χ4v) is 4.96. The van der Waals surface area contributed by atoms with E-state index in [-0.39, 0.29) is 17.8 Å². The molecule has 1 aromatic carbocycles. The molecule has 0 unspecified atom stereocenters. The minimum atomic E-state index is -0.670. The number of Topliss-reactive ketones (excluding diaryl/α,β-unsaturated/α-hetero) is 1. The molecule has 1 aliphatic heterocycles. The number of hydrogen-bond donors (Lipinski definition) is 1. The summed E-state index contributed by atoms with van der Waals surface area (Å²) in [6.45, 7) is 6.78. The molecule has 2 fully saturated rings. The molecule has 2 atom stereocenters. The lowest BCUT2D eigenvalue weighted by molar-refractivity contribution is -0.144. The van der Waals surface area contributed by atoms with E-state index in [4.69, 9.17) is 9.72 Å². The number of ether oxygens (including phenoxy) is 1. The predicted octanol–water partition coefficient (Wildman–Crippen LogP) is 4.15. The first kappa shape index (κ1) is 24.3.